The molecule has 0 unspecified atom stereocenters. The van der Waals surface area contributed by atoms with Gasteiger partial charge >= 0.3 is 0 Å². The molecule has 1 aliphatic heterocycles. The van der Waals surface area contributed by atoms with Gasteiger partial charge in [0.1, 0.15) is 12.4 Å². The first-order chi connectivity index (χ1) is 17.9. The third-order valence-corrected chi connectivity index (χ3v) is 6.68. The van der Waals surface area contributed by atoms with Gasteiger partial charge in [-0.1, -0.05) is 12.1 Å². The maximum atomic E-state index is 14.1. The summed E-state index contributed by atoms with van der Waals surface area (Å²) < 4.78 is 24.2. The van der Waals surface area contributed by atoms with Crippen LogP contribution in [0.3, 0.4) is 0 Å². The fraction of sp³-hybridized carbons (Fsp3) is 0.360. The molecule has 12 heteroatoms. The van der Waals surface area contributed by atoms with E-state index >= 15 is 0 Å². The third-order valence-electron chi connectivity index (χ3n) is 5.87. The molecule has 3 aromatic rings. The number of benzene rings is 1. The van der Waals surface area contributed by atoms with E-state index in [-0.39, 0.29) is 43.6 Å². The van der Waals surface area contributed by atoms with Crippen LogP contribution in [0.5, 0.6) is 0 Å². The van der Waals surface area contributed by atoms with Crippen molar-refractivity contribution in [3.8, 4) is 0 Å². The van der Waals surface area contributed by atoms with Gasteiger partial charge in [-0.05, 0) is 24.3 Å². The number of halogens is 1. The molecule has 4 rings (SSSR count). The minimum absolute atomic E-state index is 0.0776. The molecule has 1 aromatic carbocycles. The van der Waals surface area contributed by atoms with Crippen LogP contribution in [0.1, 0.15) is 16.2 Å². The van der Waals surface area contributed by atoms with E-state index in [1.165, 1.54) is 41.7 Å². The number of rotatable bonds is 10. The molecule has 1 aliphatic rings. The molecule has 37 heavy (non-hydrogen) atoms. The van der Waals surface area contributed by atoms with Crippen LogP contribution >= 0.6 is 11.3 Å². The summed E-state index contributed by atoms with van der Waals surface area (Å²) in [6.45, 7) is 2.33. The Morgan fingerprint density at radius 2 is 1.95 bits per heavy atom. The van der Waals surface area contributed by atoms with Crippen LogP contribution in [0.4, 0.5) is 15.2 Å². The maximum Gasteiger partial charge on any atom is 0.290 e. The lowest BCUT2D eigenvalue weighted by molar-refractivity contribution is -0.130. The van der Waals surface area contributed by atoms with Crippen molar-refractivity contribution in [1.29, 1.82) is 0 Å². The summed E-state index contributed by atoms with van der Waals surface area (Å²) in [5.74, 6) is -1.06. The first kappa shape index (κ1) is 26.3. The molecule has 0 atom stereocenters. The average molecular weight is 530 g/mol. The highest BCUT2D eigenvalue weighted by molar-refractivity contribution is 7.13. The van der Waals surface area contributed by atoms with E-state index in [1.807, 2.05) is 4.90 Å². The number of furan rings is 1. The Morgan fingerprint density at radius 3 is 2.65 bits per heavy atom. The van der Waals surface area contributed by atoms with Gasteiger partial charge in [0.05, 0.1) is 30.7 Å². The molecule has 0 aliphatic carbocycles. The van der Waals surface area contributed by atoms with E-state index in [9.17, 15) is 18.8 Å². The number of methoxy groups -OCH3 is 1. The highest BCUT2D eigenvalue weighted by atomic mass is 32.1. The highest BCUT2D eigenvalue weighted by Crippen LogP contribution is 2.21. The van der Waals surface area contributed by atoms with Crippen molar-refractivity contribution in [2.75, 3.05) is 63.2 Å². The van der Waals surface area contributed by atoms with Crippen LogP contribution in [0.2, 0.25) is 0 Å². The number of carbonyl (C=O) groups is 3. The lowest BCUT2D eigenvalue weighted by Crippen LogP contribution is -2.49. The standard InChI is InChI=1S/C25H28FN5O5S/c1-35-14-12-31(24(34)21-7-4-13-36-21)16-22(32)28-25-27-18(17-37-25)15-23(33)30-10-8-29(9-11-30)20-6-3-2-5-19(20)26/h2-7,13,17H,8-12,14-16H2,1H3,(H,27,28,32). The second-order valence-electron chi connectivity index (χ2n) is 8.39. The van der Waals surface area contributed by atoms with Crippen LogP contribution in [0.25, 0.3) is 0 Å². The van der Waals surface area contributed by atoms with Crippen molar-refractivity contribution < 1.29 is 27.9 Å². The number of nitrogens with zero attached hydrogens (tertiary/aromatic N) is 4. The fourth-order valence-electron chi connectivity index (χ4n) is 3.96. The zero-order valence-electron chi connectivity index (χ0n) is 20.4. The fourth-order valence-corrected chi connectivity index (χ4v) is 4.69. The molecular weight excluding hydrogens is 501 g/mol. The van der Waals surface area contributed by atoms with Crippen molar-refractivity contribution in [2.24, 2.45) is 0 Å². The van der Waals surface area contributed by atoms with Gasteiger partial charge in [-0.3, -0.25) is 14.4 Å². The molecule has 2 aromatic heterocycles. The van der Waals surface area contributed by atoms with Crippen molar-refractivity contribution in [3.63, 3.8) is 0 Å². The molecule has 10 nitrogen and oxygen atoms in total. The van der Waals surface area contributed by atoms with Crippen LogP contribution in [-0.4, -0.2) is 85.5 Å². The van der Waals surface area contributed by atoms with Crippen LogP contribution in [0, 0.1) is 5.82 Å². The summed E-state index contributed by atoms with van der Waals surface area (Å²) >= 11 is 1.21. The number of anilines is 2. The molecule has 196 valence electrons. The monoisotopic (exact) mass is 529 g/mol. The quantitative estimate of drug-likeness (QED) is 0.430. The van der Waals surface area contributed by atoms with E-state index in [4.69, 9.17) is 9.15 Å². The average Bonchev–Trinajstić information content (AvgIpc) is 3.59. The summed E-state index contributed by atoms with van der Waals surface area (Å²) in [7, 11) is 1.51. The Bertz CT molecular complexity index is 1210. The summed E-state index contributed by atoms with van der Waals surface area (Å²) in [5, 5.41) is 4.75. The third kappa shape index (κ3) is 6.92. The Kier molecular flexibility index (Phi) is 8.86. The molecule has 0 bridgehead atoms. The molecule has 0 spiro atoms. The Labute approximate surface area is 217 Å². The minimum Gasteiger partial charge on any atom is -0.459 e. The van der Waals surface area contributed by atoms with E-state index in [2.05, 4.69) is 10.3 Å². The second-order valence-corrected chi connectivity index (χ2v) is 9.24. The molecule has 0 radical (unpaired) electrons. The summed E-state index contributed by atoms with van der Waals surface area (Å²) in [5.41, 5.74) is 1.09. The second kappa shape index (κ2) is 12.5. The van der Waals surface area contributed by atoms with Gasteiger partial charge in [-0.15, -0.1) is 11.3 Å². The van der Waals surface area contributed by atoms with Crippen molar-refractivity contribution >= 4 is 39.9 Å². The number of piperazine rings is 1. The van der Waals surface area contributed by atoms with Crippen molar-refractivity contribution in [2.45, 2.75) is 6.42 Å². The van der Waals surface area contributed by atoms with Crippen molar-refractivity contribution in [3.05, 3.63) is 65.3 Å². The molecule has 1 N–H and O–H groups in total. The van der Waals surface area contributed by atoms with Crippen LogP contribution in [0.15, 0.2) is 52.5 Å². The lowest BCUT2D eigenvalue weighted by atomic mass is 10.2. The molecule has 1 fully saturated rings. The largest absolute Gasteiger partial charge is 0.459 e. The highest BCUT2D eigenvalue weighted by Gasteiger charge is 2.24. The predicted molar refractivity (Wildman–Crippen MR) is 136 cm³/mol. The molecule has 3 heterocycles. The summed E-state index contributed by atoms with van der Waals surface area (Å²) in [6.07, 6.45) is 1.49. The Hall–Kier alpha value is -3.77. The smallest absolute Gasteiger partial charge is 0.290 e. The SMILES string of the molecule is COCCN(CC(=O)Nc1nc(CC(=O)N2CCN(c3ccccc3F)CC2)cs1)C(=O)c1ccco1. The molecule has 1 saturated heterocycles. The number of nitrogens with one attached hydrogen (secondary N) is 1. The Balaban J connectivity index is 1.27. The topological polar surface area (TPSA) is 108 Å². The Morgan fingerprint density at radius 1 is 1.16 bits per heavy atom. The van der Waals surface area contributed by atoms with Crippen molar-refractivity contribution in [1.82, 2.24) is 14.8 Å². The summed E-state index contributed by atoms with van der Waals surface area (Å²) in [6, 6.07) is 9.75. The number of aromatic nitrogens is 1. The van der Waals surface area contributed by atoms with Crippen LogP contribution in [-0.2, 0) is 20.7 Å². The first-order valence-corrected chi connectivity index (χ1v) is 12.7. The van der Waals surface area contributed by atoms with E-state index < -0.39 is 11.8 Å². The van der Waals surface area contributed by atoms with Gasteiger partial charge in [0.25, 0.3) is 5.91 Å². The number of thiazole rings is 1. The van der Waals surface area contributed by atoms with E-state index in [1.54, 1.807) is 34.5 Å². The first-order valence-electron chi connectivity index (χ1n) is 11.8. The van der Waals surface area contributed by atoms with Gasteiger partial charge < -0.3 is 29.2 Å². The van der Waals surface area contributed by atoms with Gasteiger partial charge in [-0.2, -0.15) is 0 Å². The summed E-state index contributed by atoms with van der Waals surface area (Å²) in [4.78, 5) is 47.4. The number of hydrogen-bond acceptors (Lipinski definition) is 8. The number of ether oxygens (including phenoxy) is 1. The lowest BCUT2D eigenvalue weighted by Gasteiger charge is -2.36. The van der Waals surface area contributed by atoms with Gasteiger partial charge in [-0.25, -0.2) is 9.37 Å². The zero-order chi connectivity index (χ0) is 26.2. The zero-order valence-corrected chi connectivity index (χ0v) is 21.2. The van der Waals surface area contributed by atoms with E-state index in [0.29, 0.717) is 42.7 Å². The number of amides is 3. The van der Waals surface area contributed by atoms with Gasteiger partial charge in [0.2, 0.25) is 11.8 Å². The van der Waals surface area contributed by atoms with Crippen LogP contribution < -0.4 is 10.2 Å². The normalized spacial score (nSPS) is 13.5. The molecule has 3 amide bonds. The predicted octanol–water partition coefficient (Wildman–Crippen LogP) is 2.49. The molecular formula is C25H28FN5O5S. The maximum absolute atomic E-state index is 14.1. The van der Waals surface area contributed by atoms with Gasteiger partial charge in [0, 0.05) is 45.2 Å². The number of para-hydroxylation sites is 1. The molecule has 0 saturated carbocycles. The number of carbonyl (C=O) groups excluding carboxylic acids is 3. The van der Waals surface area contributed by atoms with Gasteiger partial charge in [0.15, 0.2) is 10.9 Å². The van der Waals surface area contributed by atoms with E-state index in [0.717, 1.165) is 0 Å². The number of hydrogen-bond donors (Lipinski definition) is 1. The minimum atomic E-state index is -0.424.